The molecule has 8 nitrogen and oxygen atoms in total. The number of carbonyl (C=O) groups is 2. The van der Waals surface area contributed by atoms with E-state index in [1.165, 1.54) is 0 Å². The second kappa shape index (κ2) is 11.0. The zero-order valence-corrected chi connectivity index (χ0v) is 24.1. The van der Waals surface area contributed by atoms with E-state index in [0.717, 1.165) is 59.9 Å². The maximum atomic E-state index is 13.8. The average molecular weight is 549 g/mol. The minimum Gasteiger partial charge on any atom is -0.497 e. The van der Waals surface area contributed by atoms with Crippen molar-refractivity contribution in [3.8, 4) is 17.2 Å². The Balaban J connectivity index is 1.76. The predicted molar refractivity (Wildman–Crippen MR) is 154 cm³/mol. The molecule has 1 aromatic heterocycles. The highest BCUT2D eigenvalue weighted by molar-refractivity contribution is 8.00. The molecule has 9 heteroatoms. The molecule has 1 fully saturated rings. The first kappa shape index (κ1) is 27.1. The van der Waals surface area contributed by atoms with Crippen molar-refractivity contribution in [3.63, 3.8) is 0 Å². The van der Waals surface area contributed by atoms with Gasteiger partial charge in [0.25, 0.3) is 0 Å². The fourth-order valence-electron chi connectivity index (χ4n) is 5.31. The molecule has 206 valence electrons. The van der Waals surface area contributed by atoms with Crippen molar-refractivity contribution in [2.24, 2.45) is 0 Å². The summed E-state index contributed by atoms with van der Waals surface area (Å²) in [6, 6.07) is 15.6. The number of benzene rings is 2. The Bertz CT molecular complexity index is 1360. The summed E-state index contributed by atoms with van der Waals surface area (Å²) >= 11 is 1.56. The van der Waals surface area contributed by atoms with E-state index in [2.05, 4.69) is 20.8 Å². The molecule has 0 N–H and O–H groups in total. The van der Waals surface area contributed by atoms with E-state index in [0.29, 0.717) is 5.82 Å². The lowest BCUT2D eigenvalue weighted by molar-refractivity contribution is -0.130. The van der Waals surface area contributed by atoms with Crippen LogP contribution in [0.1, 0.15) is 55.7 Å². The van der Waals surface area contributed by atoms with Crippen molar-refractivity contribution >= 4 is 29.4 Å². The van der Waals surface area contributed by atoms with Gasteiger partial charge in [0.1, 0.15) is 23.9 Å². The number of ether oxygens (including phenoxy) is 2. The van der Waals surface area contributed by atoms with Crippen LogP contribution in [0.2, 0.25) is 0 Å². The minimum atomic E-state index is -0.333. The Morgan fingerprint density at radius 3 is 2.36 bits per heavy atom. The number of para-hydroxylation sites is 1. The molecule has 5 rings (SSSR count). The largest absolute Gasteiger partial charge is 0.497 e. The molecule has 0 bridgehead atoms. The molecule has 39 heavy (non-hydrogen) atoms. The van der Waals surface area contributed by atoms with Gasteiger partial charge in [-0.25, -0.2) is 4.68 Å². The summed E-state index contributed by atoms with van der Waals surface area (Å²) in [6.45, 7) is 7.84. The standard InChI is InChI=1S/C30H36N4O4S/c1-30(2,3)28-26-27(22-10-6-7-11-23(22)38-5)39-19-25(36)33(18-24(35)32-16-8-9-17-32)29(26)34(31-28)20-12-14-21(37-4)15-13-20/h6-7,10-15,27H,8-9,16-19H2,1-5H3/t27-/m0/s1. The van der Waals surface area contributed by atoms with Gasteiger partial charge in [0.05, 0.1) is 36.6 Å². The molecule has 3 aromatic rings. The number of nitrogens with zero attached hydrogens (tertiary/aromatic N) is 4. The number of fused-ring (bicyclic) bond motifs is 1. The highest BCUT2D eigenvalue weighted by Crippen LogP contribution is 2.50. The third-order valence-corrected chi connectivity index (χ3v) is 8.53. The average Bonchev–Trinajstić information content (AvgIpc) is 3.59. The number of amides is 2. The second-order valence-corrected chi connectivity index (χ2v) is 12.0. The van der Waals surface area contributed by atoms with E-state index in [4.69, 9.17) is 14.6 Å². The molecule has 2 aromatic carbocycles. The zero-order valence-electron chi connectivity index (χ0n) is 23.3. The van der Waals surface area contributed by atoms with Gasteiger partial charge in [0, 0.05) is 29.6 Å². The van der Waals surface area contributed by atoms with E-state index >= 15 is 0 Å². The van der Waals surface area contributed by atoms with Crippen molar-refractivity contribution in [2.45, 2.75) is 44.3 Å². The first-order valence-corrected chi connectivity index (χ1v) is 14.4. The Kier molecular flexibility index (Phi) is 7.62. The quantitative estimate of drug-likeness (QED) is 0.433. The van der Waals surface area contributed by atoms with Crippen molar-refractivity contribution in [1.29, 1.82) is 0 Å². The van der Waals surface area contributed by atoms with Crippen LogP contribution < -0.4 is 14.4 Å². The topological polar surface area (TPSA) is 76.9 Å². The van der Waals surface area contributed by atoms with Gasteiger partial charge in [-0.05, 0) is 43.2 Å². The molecule has 1 saturated heterocycles. The van der Waals surface area contributed by atoms with Crippen LogP contribution >= 0.6 is 11.8 Å². The summed E-state index contributed by atoms with van der Waals surface area (Å²) in [5.41, 5.74) is 3.25. The zero-order chi connectivity index (χ0) is 27.7. The SMILES string of the molecule is COc1ccc(-n2nc(C(C)(C)C)c3c2N(CC(=O)N2CCCC2)C(=O)CS[C@H]3c2ccccc2OC)cc1. The smallest absolute Gasteiger partial charge is 0.242 e. The normalized spacial score (nSPS) is 17.7. The van der Waals surface area contributed by atoms with Gasteiger partial charge >= 0.3 is 0 Å². The second-order valence-electron chi connectivity index (χ2n) is 10.9. The molecule has 1 atom stereocenters. The third kappa shape index (κ3) is 5.24. The van der Waals surface area contributed by atoms with Gasteiger partial charge in [0.15, 0.2) is 0 Å². The molecule has 3 heterocycles. The minimum absolute atomic E-state index is 0.0174. The highest BCUT2D eigenvalue weighted by atomic mass is 32.2. The first-order valence-electron chi connectivity index (χ1n) is 13.3. The maximum absolute atomic E-state index is 13.8. The van der Waals surface area contributed by atoms with Crippen molar-refractivity contribution < 1.29 is 19.1 Å². The monoisotopic (exact) mass is 548 g/mol. The fourth-order valence-corrected chi connectivity index (χ4v) is 6.53. The van der Waals surface area contributed by atoms with E-state index in [9.17, 15) is 9.59 Å². The van der Waals surface area contributed by atoms with Gasteiger partial charge in [-0.3, -0.25) is 14.5 Å². The van der Waals surface area contributed by atoms with Crippen LogP contribution in [-0.2, 0) is 15.0 Å². The Morgan fingerprint density at radius 1 is 1.03 bits per heavy atom. The molecule has 2 aliphatic rings. The van der Waals surface area contributed by atoms with E-state index < -0.39 is 0 Å². The number of hydrogen-bond donors (Lipinski definition) is 0. The molecule has 2 amide bonds. The third-order valence-electron chi connectivity index (χ3n) is 7.29. The number of hydrogen-bond acceptors (Lipinski definition) is 6. The molecular formula is C30H36N4O4S. The van der Waals surface area contributed by atoms with E-state index in [-0.39, 0.29) is 34.8 Å². The van der Waals surface area contributed by atoms with Gasteiger partial charge in [-0.15, -0.1) is 11.8 Å². The van der Waals surface area contributed by atoms with E-state index in [1.54, 1.807) is 30.9 Å². The molecule has 0 radical (unpaired) electrons. The summed E-state index contributed by atoms with van der Waals surface area (Å²) in [6.07, 6.45) is 1.99. The lowest BCUT2D eigenvalue weighted by Crippen LogP contribution is -2.43. The van der Waals surface area contributed by atoms with Crippen LogP contribution in [0.15, 0.2) is 48.5 Å². The number of aromatic nitrogens is 2. The Hall–Kier alpha value is -3.46. The van der Waals surface area contributed by atoms with Crippen LogP contribution in [0.4, 0.5) is 5.82 Å². The molecular weight excluding hydrogens is 512 g/mol. The molecule has 0 saturated carbocycles. The summed E-state index contributed by atoms with van der Waals surface area (Å²) in [5.74, 6) is 2.22. The summed E-state index contributed by atoms with van der Waals surface area (Å²) in [5, 5.41) is 4.94. The number of likely N-dealkylation sites (tertiary alicyclic amines) is 1. The number of methoxy groups -OCH3 is 2. The molecule has 0 spiro atoms. The molecule has 2 aliphatic heterocycles. The summed E-state index contributed by atoms with van der Waals surface area (Å²) < 4.78 is 13.0. The number of carbonyl (C=O) groups excluding carboxylic acids is 2. The summed E-state index contributed by atoms with van der Waals surface area (Å²) in [4.78, 5) is 30.8. The lowest BCUT2D eigenvalue weighted by atomic mass is 9.87. The predicted octanol–water partition coefficient (Wildman–Crippen LogP) is 4.98. The van der Waals surface area contributed by atoms with Crippen LogP contribution in [0.25, 0.3) is 5.69 Å². The number of thioether (sulfide) groups is 1. The van der Waals surface area contributed by atoms with Crippen molar-refractivity contribution in [1.82, 2.24) is 14.7 Å². The van der Waals surface area contributed by atoms with Gasteiger partial charge in [-0.2, -0.15) is 5.10 Å². The van der Waals surface area contributed by atoms with Crippen molar-refractivity contribution in [3.05, 3.63) is 65.4 Å². The molecule has 0 unspecified atom stereocenters. The summed E-state index contributed by atoms with van der Waals surface area (Å²) in [7, 11) is 3.30. The fraction of sp³-hybridized carbons (Fsp3) is 0.433. The Morgan fingerprint density at radius 2 is 1.72 bits per heavy atom. The number of anilines is 1. The van der Waals surface area contributed by atoms with Crippen LogP contribution in [0.5, 0.6) is 11.5 Å². The van der Waals surface area contributed by atoms with Crippen molar-refractivity contribution in [2.75, 3.05) is 44.5 Å². The van der Waals surface area contributed by atoms with E-state index in [1.807, 2.05) is 58.1 Å². The maximum Gasteiger partial charge on any atom is 0.242 e. The lowest BCUT2D eigenvalue weighted by Gasteiger charge is -2.26. The Labute approximate surface area is 234 Å². The van der Waals surface area contributed by atoms with Gasteiger partial charge < -0.3 is 14.4 Å². The van der Waals surface area contributed by atoms with Crippen LogP contribution in [0, 0.1) is 0 Å². The van der Waals surface area contributed by atoms with Crippen LogP contribution in [-0.4, -0.2) is 66.1 Å². The molecule has 0 aliphatic carbocycles. The first-order chi connectivity index (χ1) is 18.7. The highest BCUT2D eigenvalue weighted by Gasteiger charge is 2.41. The number of rotatable bonds is 6. The van der Waals surface area contributed by atoms with Gasteiger partial charge in [-0.1, -0.05) is 39.0 Å². The van der Waals surface area contributed by atoms with Gasteiger partial charge in [0.2, 0.25) is 11.8 Å². The van der Waals surface area contributed by atoms with Crippen LogP contribution in [0.3, 0.4) is 0 Å².